The van der Waals surface area contributed by atoms with E-state index in [0.717, 1.165) is 23.9 Å². The summed E-state index contributed by atoms with van der Waals surface area (Å²) in [7, 11) is 0. The smallest absolute Gasteiger partial charge is 0.131 e. The van der Waals surface area contributed by atoms with Crippen LogP contribution in [0.1, 0.15) is 22.9 Å². The summed E-state index contributed by atoms with van der Waals surface area (Å²) in [6.07, 6.45) is 1.41. The normalized spacial score (nSPS) is 19.9. The molecule has 1 aliphatic rings. The standard InChI is InChI=1S/C15H17F2N3O/c1-10-7-18-19-14(10)8-20-4-5-21-15(9-20)12-3-2-11(16)6-13(12)17/h2-3,6-7,15H,4-5,8-9H2,1H3,(H,18,19). The number of morpholine rings is 1. The van der Waals surface area contributed by atoms with E-state index in [9.17, 15) is 8.78 Å². The number of nitrogens with zero attached hydrogens (tertiary/aromatic N) is 2. The van der Waals surface area contributed by atoms with Crippen molar-refractivity contribution in [2.45, 2.75) is 19.6 Å². The molecule has 4 nitrogen and oxygen atoms in total. The molecule has 21 heavy (non-hydrogen) atoms. The lowest BCUT2D eigenvalue weighted by Crippen LogP contribution is -2.38. The quantitative estimate of drug-likeness (QED) is 0.945. The van der Waals surface area contributed by atoms with Gasteiger partial charge in [-0.1, -0.05) is 6.07 Å². The molecule has 1 unspecified atom stereocenters. The zero-order chi connectivity index (χ0) is 14.8. The first kappa shape index (κ1) is 14.2. The fourth-order valence-electron chi connectivity index (χ4n) is 2.55. The summed E-state index contributed by atoms with van der Waals surface area (Å²) < 4.78 is 32.5. The Morgan fingerprint density at radius 3 is 3.00 bits per heavy atom. The van der Waals surface area contributed by atoms with E-state index < -0.39 is 11.6 Å². The Labute approximate surface area is 121 Å². The highest BCUT2D eigenvalue weighted by atomic mass is 19.1. The molecule has 1 aromatic heterocycles. The summed E-state index contributed by atoms with van der Waals surface area (Å²) in [6.45, 7) is 4.58. The van der Waals surface area contributed by atoms with E-state index in [2.05, 4.69) is 15.1 Å². The third kappa shape index (κ3) is 3.11. The van der Waals surface area contributed by atoms with Crippen molar-refractivity contribution < 1.29 is 13.5 Å². The lowest BCUT2D eigenvalue weighted by Gasteiger charge is -2.33. The number of H-pyrrole nitrogens is 1. The van der Waals surface area contributed by atoms with Gasteiger partial charge >= 0.3 is 0 Å². The summed E-state index contributed by atoms with van der Waals surface area (Å²) in [6, 6.07) is 3.62. The average molecular weight is 293 g/mol. The van der Waals surface area contributed by atoms with Crippen molar-refractivity contribution in [3.8, 4) is 0 Å². The maximum absolute atomic E-state index is 13.8. The Balaban J connectivity index is 1.72. The third-order valence-electron chi connectivity index (χ3n) is 3.78. The van der Waals surface area contributed by atoms with Crippen molar-refractivity contribution in [3.63, 3.8) is 0 Å². The fraction of sp³-hybridized carbons (Fsp3) is 0.400. The van der Waals surface area contributed by atoms with Crippen LogP contribution in [0.4, 0.5) is 8.78 Å². The molecular weight excluding hydrogens is 276 g/mol. The van der Waals surface area contributed by atoms with Gasteiger partial charge in [-0.15, -0.1) is 0 Å². The van der Waals surface area contributed by atoms with Gasteiger partial charge in [0.15, 0.2) is 0 Å². The van der Waals surface area contributed by atoms with Gasteiger partial charge in [-0.3, -0.25) is 10.00 Å². The Kier molecular flexibility index (Phi) is 3.98. The highest BCUT2D eigenvalue weighted by Crippen LogP contribution is 2.26. The summed E-state index contributed by atoms with van der Waals surface area (Å²) in [5.74, 6) is -1.13. The summed E-state index contributed by atoms with van der Waals surface area (Å²) in [4.78, 5) is 2.18. The first-order valence-electron chi connectivity index (χ1n) is 6.91. The van der Waals surface area contributed by atoms with Crippen LogP contribution in [0.3, 0.4) is 0 Å². The van der Waals surface area contributed by atoms with E-state index in [1.54, 1.807) is 6.20 Å². The molecular formula is C15H17F2N3O. The van der Waals surface area contributed by atoms with Gasteiger partial charge in [0.05, 0.1) is 24.6 Å². The number of aromatic amines is 1. The molecule has 1 N–H and O–H groups in total. The zero-order valence-corrected chi connectivity index (χ0v) is 11.8. The van der Waals surface area contributed by atoms with Crippen LogP contribution in [0.25, 0.3) is 0 Å². The molecule has 112 valence electrons. The second-order valence-electron chi connectivity index (χ2n) is 5.29. The molecule has 1 aliphatic heterocycles. The highest BCUT2D eigenvalue weighted by Gasteiger charge is 2.25. The maximum atomic E-state index is 13.8. The SMILES string of the molecule is Cc1cn[nH]c1CN1CCOC(c2ccc(F)cc2F)C1. The summed E-state index contributed by atoms with van der Waals surface area (Å²) in [5, 5.41) is 6.97. The second-order valence-corrected chi connectivity index (χ2v) is 5.29. The van der Waals surface area contributed by atoms with Crippen LogP contribution < -0.4 is 0 Å². The number of hydrogen-bond acceptors (Lipinski definition) is 3. The predicted molar refractivity (Wildman–Crippen MR) is 73.7 cm³/mol. The molecule has 2 heterocycles. The van der Waals surface area contributed by atoms with Crippen molar-refractivity contribution in [2.24, 2.45) is 0 Å². The third-order valence-corrected chi connectivity index (χ3v) is 3.78. The number of benzene rings is 1. The van der Waals surface area contributed by atoms with Gasteiger partial charge in [0.2, 0.25) is 0 Å². The molecule has 0 spiro atoms. The fourth-order valence-corrected chi connectivity index (χ4v) is 2.55. The van der Waals surface area contributed by atoms with Crippen LogP contribution in [-0.4, -0.2) is 34.8 Å². The number of halogens is 2. The molecule has 0 radical (unpaired) electrons. The Bertz CT molecular complexity index is 629. The number of rotatable bonds is 3. The van der Waals surface area contributed by atoms with Crippen LogP contribution in [0.15, 0.2) is 24.4 Å². The molecule has 0 aliphatic carbocycles. The van der Waals surface area contributed by atoms with Gasteiger partial charge in [-0.2, -0.15) is 5.10 Å². The van der Waals surface area contributed by atoms with Crippen molar-refractivity contribution in [1.29, 1.82) is 0 Å². The van der Waals surface area contributed by atoms with E-state index >= 15 is 0 Å². The number of aryl methyl sites for hydroxylation is 1. The van der Waals surface area contributed by atoms with E-state index in [4.69, 9.17) is 4.74 Å². The van der Waals surface area contributed by atoms with Crippen molar-refractivity contribution >= 4 is 0 Å². The number of ether oxygens (including phenoxy) is 1. The van der Waals surface area contributed by atoms with Gasteiger partial charge in [0.1, 0.15) is 11.6 Å². The molecule has 6 heteroatoms. The van der Waals surface area contributed by atoms with Crippen LogP contribution in [-0.2, 0) is 11.3 Å². The Morgan fingerprint density at radius 1 is 1.43 bits per heavy atom. The zero-order valence-electron chi connectivity index (χ0n) is 11.8. The molecule has 3 rings (SSSR count). The molecule has 1 aromatic carbocycles. The number of hydrogen-bond donors (Lipinski definition) is 1. The van der Waals surface area contributed by atoms with Crippen molar-refractivity contribution in [1.82, 2.24) is 15.1 Å². The monoisotopic (exact) mass is 293 g/mol. The van der Waals surface area contributed by atoms with E-state index in [1.165, 1.54) is 12.1 Å². The van der Waals surface area contributed by atoms with Gasteiger partial charge in [-0.25, -0.2) is 8.78 Å². The largest absolute Gasteiger partial charge is 0.371 e. The maximum Gasteiger partial charge on any atom is 0.131 e. The van der Waals surface area contributed by atoms with Crippen molar-refractivity contribution in [3.05, 3.63) is 52.9 Å². The van der Waals surface area contributed by atoms with Gasteiger partial charge in [0.25, 0.3) is 0 Å². The van der Waals surface area contributed by atoms with E-state index in [1.807, 2.05) is 6.92 Å². The lowest BCUT2D eigenvalue weighted by atomic mass is 10.1. The first-order valence-corrected chi connectivity index (χ1v) is 6.91. The van der Waals surface area contributed by atoms with Gasteiger partial charge in [0, 0.05) is 31.3 Å². The minimum Gasteiger partial charge on any atom is -0.371 e. The second kappa shape index (κ2) is 5.91. The minimum atomic E-state index is -0.572. The number of nitrogens with one attached hydrogen (secondary N) is 1. The van der Waals surface area contributed by atoms with Crippen molar-refractivity contribution in [2.75, 3.05) is 19.7 Å². The molecule has 0 saturated carbocycles. The Hall–Kier alpha value is -1.79. The summed E-state index contributed by atoms with van der Waals surface area (Å²) in [5.41, 5.74) is 2.56. The Morgan fingerprint density at radius 2 is 2.29 bits per heavy atom. The molecule has 1 fully saturated rings. The molecule has 1 saturated heterocycles. The van der Waals surface area contributed by atoms with E-state index in [0.29, 0.717) is 25.3 Å². The minimum absolute atomic E-state index is 0.373. The van der Waals surface area contributed by atoms with Crippen LogP contribution in [0, 0.1) is 18.6 Å². The van der Waals surface area contributed by atoms with Crippen LogP contribution in [0.5, 0.6) is 0 Å². The molecule has 0 amide bonds. The van der Waals surface area contributed by atoms with Gasteiger partial charge in [-0.05, 0) is 18.6 Å². The van der Waals surface area contributed by atoms with Crippen LogP contribution >= 0.6 is 0 Å². The highest BCUT2D eigenvalue weighted by molar-refractivity contribution is 5.22. The average Bonchev–Trinajstić information content (AvgIpc) is 2.84. The van der Waals surface area contributed by atoms with Crippen LogP contribution in [0.2, 0.25) is 0 Å². The molecule has 2 aromatic rings. The lowest BCUT2D eigenvalue weighted by molar-refractivity contribution is -0.0349. The molecule has 1 atom stereocenters. The molecule has 0 bridgehead atoms. The summed E-state index contributed by atoms with van der Waals surface area (Å²) >= 11 is 0. The van der Waals surface area contributed by atoms with Gasteiger partial charge < -0.3 is 4.74 Å². The number of aromatic nitrogens is 2. The topological polar surface area (TPSA) is 41.2 Å². The predicted octanol–water partition coefficient (Wildman–Crippen LogP) is 2.57. The van der Waals surface area contributed by atoms with E-state index in [-0.39, 0.29) is 6.10 Å². The first-order chi connectivity index (χ1) is 10.1.